The molecule has 2 aromatic carbocycles. The fourth-order valence-corrected chi connectivity index (χ4v) is 3.58. The zero-order valence-electron chi connectivity index (χ0n) is 13.7. The summed E-state index contributed by atoms with van der Waals surface area (Å²) in [6.45, 7) is 1.84. The van der Waals surface area contributed by atoms with Gasteiger partial charge in [-0.25, -0.2) is 9.18 Å². The van der Waals surface area contributed by atoms with Gasteiger partial charge in [0.15, 0.2) is 0 Å². The van der Waals surface area contributed by atoms with Crippen LogP contribution in [0, 0.1) is 5.82 Å². The minimum absolute atomic E-state index is 0.234. The van der Waals surface area contributed by atoms with E-state index >= 15 is 0 Å². The lowest BCUT2D eigenvalue weighted by molar-refractivity contribution is 0.176. The average molecular weight is 338 g/mol. The summed E-state index contributed by atoms with van der Waals surface area (Å²) >= 11 is 0. The number of H-pyrrole nitrogens is 1. The number of anilines is 1. The van der Waals surface area contributed by atoms with Crippen molar-refractivity contribution >= 4 is 22.6 Å². The van der Waals surface area contributed by atoms with Crippen LogP contribution in [0.15, 0.2) is 54.7 Å². The van der Waals surface area contributed by atoms with Crippen LogP contribution in [0.4, 0.5) is 14.9 Å². The zero-order chi connectivity index (χ0) is 17.4. The van der Waals surface area contributed by atoms with Crippen molar-refractivity contribution in [1.82, 2.24) is 9.88 Å². The molecular weight excluding hydrogens is 319 g/mol. The number of benzene rings is 2. The maximum absolute atomic E-state index is 13.7. The van der Waals surface area contributed by atoms with Crippen molar-refractivity contribution in [2.24, 2.45) is 5.73 Å². The number of aromatic amines is 1. The Hall–Kier alpha value is -3.02. The lowest BCUT2D eigenvalue weighted by Gasteiger charge is -2.41. The number of nitrogens with zero attached hydrogens (tertiary/aromatic N) is 2. The molecule has 3 aromatic rings. The number of urea groups is 1. The zero-order valence-corrected chi connectivity index (χ0v) is 13.7. The van der Waals surface area contributed by atoms with Crippen molar-refractivity contribution in [3.05, 3.63) is 66.1 Å². The molecule has 6 heteroatoms. The summed E-state index contributed by atoms with van der Waals surface area (Å²) in [7, 11) is 0. The molecule has 0 radical (unpaired) electrons. The predicted octanol–water partition coefficient (Wildman–Crippen LogP) is 3.25. The van der Waals surface area contributed by atoms with E-state index in [9.17, 15) is 9.18 Å². The van der Waals surface area contributed by atoms with Crippen LogP contribution in [0.2, 0.25) is 0 Å². The van der Waals surface area contributed by atoms with E-state index < -0.39 is 6.03 Å². The van der Waals surface area contributed by atoms with Gasteiger partial charge in [0.25, 0.3) is 0 Å². The Bertz CT molecular complexity index is 908. The topological polar surface area (TPSA) is 65.4 Å². The minimum Gasteiger partial charge on any atom is -0.367 e. The highest BCUT2D eigenvalue weighted by atomic mass is 19.1. The Balaban J connectivity index is 1.74. The fourth-order valence-electron chi connectivity index (χ4n) is 3.58. The van der Waals surface area contributed by atoms with Gasteiger partial charge in [-0.3, -0.25) is 0 Å². The first kappa shape index (κ1) is 15.5. The second kappa shape index (κ2) is 6.12. The number of piperazine rings is 1. The number of halogens is 1. The number of hydrogen-bond acceptors (Lipinski definition) is 2. The van der Waals surface area contributed by atoms with Crippen molar-refractivity contribution in [2.45, 2.75) is 6.04 Å². The number of aromatic nitrogens is 1. The number of amides is 2. The lowest BCUT2D eigenvalue weighted by atomic mass is 10.0. The molecule has 5 nitrogen and oxygen atoms in total. The highest BCUT2D eigenvalue weighted by molar-refractivity contribution is 5.85. The molecule has 0 spiro atoms. The summed E-state index contributed by atoms with van der Waals surface area (Å²) in [6, 6.07) is 14.0. The molecule has 1 unspecified atom stereocenters. The SMILES string of the molecule is NC(=O)N1CCN(c2ccccc2)CC1c1c[nH]c2ccc(F)cc12. The van der Waals surface area contributed by atoms with E-state index in [2.05, 4.69) is 9.88 Å². The third-order valence-electron chi connectivity index (χ3n) is 4.82. The normalized spacial score (nSPS) is 17.9. The number of primary amides is 1. The average Bonchev–Trinajstić information content (AvgIpc) is 3.04. The summed E-state index contributed by atoms with van der Waals surface area (Å²) in [5, 5.41) is 0.783. The summed E-state index contributed by atoms with van der Waals surface area (Å²) in [5.74, 6) is -0.297. The summed E-state index contributed by atoms with van der Waals surface area (Å²) in [6.07, 6.45) is 1.85. The Morgan fingerprint density at radius 2 is 1.96 bits per heavy atom. The Morgan fingerprint density at radius 3 is 2.72 bits per heavy atom. The molecule has 1 aliphatic rings. The number of carbonyl (C=O) groups excluding carboxylic acids is 1. The molecule has 128 valence electrons. The van der Waals surface area contributed by atoms with Gasteiger partial charge >= 0.3 is 6.03 Å². The first-order valence-electron chi connectivity index (χ1n) is 8.26. The van der Waals surface area contributed by atoms with Crippen LogP contribution in [0.1, 0.15) is 11.6 Å². The number of para-hydroxylation sites is 1. The highest BCUT2D eigenvalue weighted by Crippen LogP contribution is 2.33. The van der Waals surface area contributed by atoms with Crippen LogP contribution in [0.3, 0.4) is 0 Å². The van der Waals surface area contributed by atoms with E-state index in [0.717, 1.165) is 22.2 Å². The van der Waals surface area contributed by atoms with Crippen molar-refractivity contribution < 1.29 is 9.18 Å². The largest absolute Gasteiger partial charge is 0.367 e. The molecule has 0 saturated carbocycles. The Labute approximate surface area is 144 Å². The molecule has 1 atom stereocenters. The molecule has 1 saturated heterocycles. The highest BCUT2D eigenvalue weighted by Gasteiger charge is 2.32. The van der Waals surface area contributed by atoms with Gasteiger partial charge < -0.3 is 20.5 Å². The van der Waals surface area contributed by atoms with Crippen molar-refractivity contribution in [1.29, 1.82) is 0 Å². The van der Waals surface area contributed by atoms with E-state index in [-0.39, 0.29) is 11.9 Å². The van der Waals surface area contributed by atoms with Crippen LogP contribution >= 0.6 is 0 Å². The monoisotopic (exact) mass is 338 g/mol. The Kier molecular flexibility index (Phi) is 3.80. The molecule has 3 N–H and O–H groups in total. The number of hydrogen-bond donors (Lipinski definition) is 2. The van der Waals surface area contributed by atoms with Gasteiger partial charge in [-0.15, -0.1) is 0 Å². The number of nitrogens with two attached hydrogens (primary N) is 1. The smallest absolute Gasteiger partial charge is 0.315 e. The number of carbonyl (C=O) groups is 1. The quantitative estimate of drug-likeness (QED) is 0.753. The van der Waals surface area contributed by atoms with E-state index in [1.165, 1.54) is 12.1 Å². The maximum atomic E-state index is 13.7. The number of rotatable bonds is 2. The van der Waals surface area contributed by atoms with Gasteiger partial charge in [0.05, 0.1) is 6.04 Å². The maximum Gasteiger partial charge on any atom is 0.315 e. The molecular formula is C19H19FN4O. The lowest BCUT2D eigenvalue weighted by Crippen LogP contribution is -2.52. The molecule has 1 aromatic heterocycles. The number of fused-ring (bicyclic) bond motifs is 1. The second-order valence-corrected chi connectivity index (χ2v) is 6.26. The second-order valence-electron chi connectivity index (χ2n) is 6.26. The minimum atomic E-state index is -0.455. The number of nitrogens with one attached hydrogen (secondary N) is 1. The van der Waals surface area contributed by atoms with Crippen molar-refractivity contribution in [2.75, 3.05) is 24.5 Å². The molecule has 1 fully saturated rings. The van der Waals surface area contributed by atoms with Crippen LogP contribution in [0.25, 0.3) is 10.9 Å². The molecule has 4 rings (SSSR count). The molecule has 0 bridgehead atoms. The standard InChI is InChI=1S/C19H19FN4O/c20-13-6-7-17-15(10-13)16(11-22-17)18-12-23(8-9-24(18)19(21)25)14-4-2-1-3-5-14/h1-7,10-11,18,22H,8-9,12H2,(H2,21,25). The van der Waals surface area contributed by atoms with Crippen LogP contribution in [-0.4, -0.2) is 35.5 Å². The summed E-state index contributed by atoms with van der Waals surface area (Å²) in [4.78, 5) is 19.0. The van der Waals surface area contributed by atoms with Gasteiger partial charge in [-0.1, -0.05) is 18.2 Å². The first-order valence-corrected chi connectivity index (χ1v) is 8.26. The summed E-state index contributed by atoms with van der Waals surface area (Å²) in [5.41, 5.74) is 8.43. The van der Waals surface area contributed by atoms with E-state index in [4.69, 9.17) is 5.73 Å². The van der Waals surface area contributed by atoms with Gasteiger partial charge in [-0.05, 0) is 30.3 Å². The van der Waals surface area contributed by atoms with Gasteiger partial charge in [0.1, 0.15) is 5.82 Å². The Morgan fingerprint density at radius 1 is 1.16 bits per heavy atom. The molecule has 0 aliphatic carbocycles. The third-order valence-corrected chi connectivity index (χ3v) is 4.82. The van der Waals surface area contributed by atoms with E-state index in [0.29, 0.717) is 19.6 Å². The molecule has 2 heterocycles. The van der Waals surface area contributed by atoms with Crippen LogP contribution < -0.4 is 10.6 Å². The first-order chi connectivity index (χ1) is 12.1. The van der Waals surface area contributed by atoms with Crippen molar-refractivity contribution in [3.8, 4) is 0 Å². The van der Waals surface area contributed by atoms with Crippen molar-refractivity contribution in [3.63, 3.8) is 0 Å². The van der Waals surface area contributed by atoms with Crippen LogP contribution in [0.5, 0.6) is 0 Å². The van der Waals surface area contributed by atoms with E-state index in [1.807, 2.05) is 36.5 Å². The molecule has 2 amide bonds. The van der Waals surface area contributed by atoms with Crippen LogP contribution in [-0.2, 0) is 0 Å². The molecule has 1 aliphatic heterocycles. The summed E-state index contributed by atoms with van der Waals surface area (Å²) < 4.78 is 13.7. The predicted molar refractivity (Wildman–Crippen MR) is 95.9 cm³/mol. The van der Waals surface area contributed by atoms with Gasteiger partial charge in [0.2, 0.25) is 0 Å². The fraction of sp³-hybridized carbons (Fsp3) is 0.211. The van der Waals surface area contributed by atoms with E-state index in [1.54, 1.807) is 11.0 Å². The molecule has 25 heavy (non-hydrogen) atoms. The third kappa shape index (κ3) is 2.80. The van der Waals surface area contributed by atoms with Gasteiger partial charge in [-0.2, -0.15) is 0 Å². The van der Waals surface area contributed by atoms with Gasteiger partial charge in [0, 0.05) is 48.0 Å².